The Balaban J connectivity index is 1.34. The van der Waals surface area contributed by atoms with Crippen LogP contribution in [0.3, 0.4) is 0 Å². The standard InChI is InChI=1S/C24H19BrClNO2/c25-17-12-16(13-18(26)14-17)6-5-11-27-24(28)29-15-23-21-9-3-1-7-19(21)20-8-2-4-10-22(20)23/h1-10,12-14,23H,11,15H2,(H,27,28). The summed E-state index contributed by atoms with van der Waals surface area (Å²) in [7, 11) is 0. The van der Waals surface area contributed by atoms with Gasteiger partial charge < -0.3 is 10.1 Å². The van der Waals surface area contributed by atoms with Gasteiger partial charge in [-0.25, -0.2) is 4.79 Å². The van der Waals surface area contributed by atoms with Crippen LogP contribution in [0.25, 0.3) is 17.2 Å². The van der Waals surface area contributed by atoms with E-state index in [1.807, 2.05) is 54.6 Å². The van der Waals surface area contributed by atoms with Gasteiger partial charge in [-0.15, -0.1) is 0 Å². The van der Waals surface area contributed by atoms with E-state index in [2.05, 4.69) is 45.5 Å². The molecule has 0 bridgehead atoms. The van der Waals surface area contributed by atoms with Crippen molar-refractivity contribution in [2.45, 2.75) is 5.92 Å². The zero-order valence-corrected chi connectivity index (χ0v) is 17.9. The molecule has 0 heterocycles. The second-order valence-electron chi connectivity index (χ2n) is 6.81. The molecule has 0 atom stereocenters. The Hall–Kier alpha value is -2.56. The summed E-state index contributed by atoms with van der Waals surface area (Å²) >= 11 is 9.45. The summed E-state index contributed by atoms with van der Waals surface area (Å²) in [5.74, 6) is 0.0625. The molecule has 3 aromatic rings. The number of hydrogen-bond donors (Lipinski definition) is 1. The van der Waals surface area contributed by atoms with Crippen LogP contribution in [0.15, 0.2) is 77.3 Å². The molecular weight excluding hydrogens is 450 g/mol. The average Bonchev–Trinajstić information content (AvgIpc) is 3.03. The molecule has 0 radical (unpaired) electrons. The molecule has 29 heavy (non-hydrogen) atoms. The second kappa shape index (κ2) is 8.85. The molecule has 3 aromatic carbocycles. The van der Waals surface area contributed by atoms with E-state index in [9.17, 15) is 4.79 Å². The highest BCUT2D eigenvalue weighted by Gasteiger charge is 2.28. The van der Waals surface area contributed by atoms with Gasteiger partial charge in [0.2, 0.25) is 0 Å². The van der Waals surface area contributed by atoms with Crippen LogP contribution < -0.4 is 5.32 Å². The molecule has 0 spiro atoms. The van der Waals surface area contributed by atoms with Crippen LogP contribution in [0.5, 0.6) is 0 Å². The van der Waals surface area contributed by atoms with E-state index in [1.165, 1.54) is 22.3 Å². The molecule has 1 amide bonds. The van der Waals surface area contributed by atoms with Gasteiger partial charge in [0.25, 0.3) is 0 Å². The van der Waals surface area contributed by atoms with Crippen LogP contribution in [0.1, 0.15) is 22.6 Å². The van der Waals surface area contributed by atoms with Gasteiger partial charge in [0.15, 0.2) is 0 Å². The summed E-state index contributed by atoms with van der Waals surface area (Å²) in [4.78, 5) is 12.1. The first-order chi connectivity index (χ1) is 14.1. The number of carbonyl (C=O) groups is 1. The minimum absolute atomic E-state index is 0.0625. The molecule has 0 saturated carbocycles. The zero-order chi connectivity index (χ0) is 20.2. The molecule has 0 saturated heterocycles. The minimum atomic E-state index is -0.427. The summed E-state index contributed by atoms with van der Waals surface area (Å²) in [5, 5.41) is 3.42. The number of halogens is 2. The first kappa shape index (κ1) is 19.7. The number of alkyl carbamates (subject to hydrolysis) is 1. The lowest BCUT2D eigenvalue weighted by atomic mass is 9.98. The quantitative estimate of drug-likeness (QED) is 0.455. The van der Waals surface area contributed by atoms with Gasteiger partial charge in [0.05, 0.1) is 0 Å². The van der Waals surface area contributed by atoms with Crippen LogP contribution in [-0.4, -0.2) is 19.2 Å². The van der Waals surface area contributed by atoms with Crippen molar-refractivity contribution in [3.63, 3.8) is 0 Å². The predicted molar refractivity (Wildman–Crippen MR) is 121 cm³/mol. The lowest BCUT2D eigenvalue weighted by Gasteiger charge is -2.14. The number of benzene rings is 3. The third-order valence-electron chi connectivity index (χ3n) is 4.90. The third-order valence-corrected chi connectivity index (χ3v) is 5.58. The topological polar surface area (TPSA) is 38.3 Å². The smallest absolute Gasteiger partial charge is 0.407 e. The van der Waals surface area contributed by atoms with Crippen LogP contribution >= 0.6 is 27.5 Å². The van der Waals surface area contributed by atoms with Crippen molar-refractivity contribution in [1.29, 1.82) is 0 Å². The Bertz CT molecular complexity index is 1010. The number of ether oxygens (including phenoxy) is 1. The van der Waals surface area contributed by atoms with E-state index in [-0.39, 0.29) is 5.92 Å². The molecule has 0 aliphatic heterocycles. The van der Waals surface area contributed by atoms with E-state index >= 15 is 0 Å². The van der Waals surface area contributed by atoms with E-state index in [0.29, 0.717) is 18.2 Å². The van der Waals surface area contributed by atoms with E-state index in [1.54, 1.807) is 0 Å². The first-order valence-electron chi connectivity index (χ1n) is 9.33. The maximum atomic E-state index is 12.1. The van der Waals surface area contributed by atoms with Crippen LogP contribution in [0.4, 0.5) is 4.79 Å². The molecule has 3 nitrogen and oxygen atoms in total. The molecule has 1 aliphatic carbocycles. The number of hydrogen-bond acceptors (Lipinski definition) is 2. The van der Waals surface area contributed by atoms with Crippen molar-refractivity contribution in [3.05, 3.63) is 99.0 Å². The molecular formula is C24H19BrClNO2. The minimum Gasteiger partial charge on any atom is -0.449 e. The summed E-state index contributed by atoms with van der Waals surface area (Å²) in [6, 6.07) is 22.2. The molecule has 4 rings (SSSR count). The molecule has 146 valence electrons. The molecule has 5 heteroatoms. The van der Waals surface area contributed by atoms with Crippen LogP contribution in [0, 0.1) is 0 Å². The number of rotatable bonds is 5. The van der Waals surface area contributed by atoms with E-state index in [0.717, 1.165) is 10.0 Å². The van der Waals surface area contributed by atoms with Crippen molar-refractivity contribution in [2.24, 2.45) is 0 Å². The van der Waals surface area contributed by atoms with E-state index < -0.39 is 6.09 Å². The van der Waals surface area contributed by atoms with Gasteiger partial charge in [0.1, 0.15) is 6.61 Å². The van der Waals surface area contributed by atoms with Gasteiger partial charge in [-0.3, -0.25) is 0 Å². The highest BCUT2D eigenvalue weighted by Crippen LogP contribution is 2.44. The highest BCUT2D eigenvalue weighted by molar-refractivity contribution is 9.10. The largest absolute Gasteiger partial charge is 0.449 e. The van der Waals surface area contributed by atoms with Crippen molar-refractivity contribution >= 4 is 39.7 Å². The van der Waals surface area contributed by atoms with Crippen LogP contribution in [-0.2, 0) is 4.74 Å². The summed E-state index contributed by atoms with van der Waals surface area (Å²) in [6.45, 7) is 0.686. The Labute approximate surface area is 183 Å². The fraction of sp³-hybridized carbons (Fsp3) is 0.125. The highest BCUT2D eigenvalue weighted by atomic mass is 79.9. The summed E-state index contributed by atoms with van der Waals surface area (Å²) in [6.07, 6.45) is 3.34. The van der Waals surface area contributed by atoms with Crippen molar-refractivity contribution in [1.82, 2.24) is 5.32 Å². The maximum Gasteiger partial charge on any atom is 0.407 e. The monoisotopic (exact) mass is 467 g/mol. The number of carbonyl (C=O) groups excluding carboxylic acids is 1. The number of nitrogens with one attached hydrogen (secondary N) is 1. The van der Waals surface area contributed by atoms with Gasteiger partial charge >= 0.3 is 6.09 Å². The third kappa shape index (κ3) is 4.55. The lowest BCUT2D eigenvalue weighted by molar-refractivity contribution is 0.144. The normalized spacial score (nSPS) is 12.6. The number of amides is 1. The van der Waals surface area contributed by atoms with E-state index in [4.69, 9.17) is 16.3 Å². The Morgan fingerprint density at radius 1 is 1.03 bits per heavy atom. The SMILES string of the molecule is O=C(NCC=Cc1cc(Cl)cc(Br)c1)OCC1c2ccccc2-c2ccccc21. The maximum absolute atomic E-state index is 12.1. The molecule has 0 aromatic heterocycles. The van der Waals surface area contributed by atoms with Gasteiger partial charge in [-0.2, -0.15) is 0 Å². The Morgan fingerprint density at radius 3 is 2.34 bits per heavy atom. The zero-order valence-electron chi connectivity index (χ0n) is 15.6. The summed E-state index contributed by atoms with van der Waals surface area (Å²) < 4.78 is 6.43. The fourth-order valence-corrected chi connectivity index (χ4v) is 4.54. The second-order valence-corrected chi connectivity index (χ2v) is 8.16. The molecule has 0 fully saturated rings. The Morgan fingerprint density at radius 2 is 1.69 bits per heavy atom. The van der Waals surface area contributed by atoms with Crippen LogP contribution in [0.2, 0.25) is 5.02 Å². The van der Waals surface area contributed by atoms with Crippen molar-refractivity contribution < 1.29 is 9.53 Å². The van der Waals surface area contributed by atoms with Gasteiger partial charge in [-0.05, 0) is 46.0 Å². The average molecular weight is 469 g/mol. The van der Waals surface area contributed by atoms with Gasteiger partial charge in [-0.1, -0.05) is 88.2 Å². The van der Waals surface area contributed by atoms with Crippen molar-refractivity contribution in [2.75, 3.05) is 13.2 Å². The lowest BCUT2D eigenvalue weighted by Crippen LogP contribution is -2.26. The molecule has 1 N–H and O–H groups in total. The first-order valence-corrected chi connectivity index (χ1v) is 10.5. The Kier molecular flexibility index (Phi) is 6.02. The number of fused-ring (bicyclic) bond motifs is 3. The van der Waals surface area contributed by atoms with Crippen molar-refractivity contribution in [3.8, 4) is 11.1 Å². The molecule has 0 unspecified atom stereocenters. The predicted octanol–water partition coefficient (Wildman–Crippen LogP) is 6.65. The fourth-order valence-electron chi connectivity index (χ4n) is 3.66. The molecule has 1 aliphatic rings. The van der Waals surface area contributed by atoms with Gasteiger partial charge in [0, 0.05) is 22.0 Å². The summed E-state index contributed by atoms with van der Waals surface area (Å²) in [5.41, 5.74) is 5.79.